The van der Waals surface area contributed by atoms with Gasteiger partial charge in [-0.3, -0.25) is 9.59 Å². The van der Waals surface area contributed by atoms with E-state index in [1.54, 1.807) is 30.3 Å². The molecule has 180 valence electrons. The van der Waals surface area contributed by atoms with Crippen molar-refractivity contribution in [1.82, 2.24) is 0 Å². The molecule has 0 atom stereocenters. The van der Waals surface area contributed by atoms with Gasteiger partial charge < -0.3 is 24.8 Å². The van der Waals surface area contributed by atoms with Crippen LogP contribution in [0.4, 0.5) is 11.4 Å². The van der Waals surface area contributed by atoms with Crippen LogP contribution in [-0.2, 0) is 9.59 Å². The average Bonchev–Trinajstić information content (AvgIpc) is 3.17. The maximum Gasteiger partial charge on any atom is 0.262 e. The molecule has 1 aliphatic rings. The average molecular weight is 602 g/mol. The molecule has 0 fully saturated rings. The minimum atomic E-state index is -0.356. The lowest BCUT2D eigenvalue weighted by Crippen LogP contribution is -2.21. The van der Waals surface area contributed by atoms with Gasteiger partial charge in [-0.05, 0) is 74.7 Å². The molecule has 1 aliphatic heterocycles. The highest BCUT2D eigenvalue weighted by atomic mass is 79.9. The highest BCUT2D eigenvalue weighted by Gasteiger charge is 2.25. The van der Waals surface area contributed by atoms with Crippen molar-refractivity contribution in [3.63, 3.8) is 0 Å². The molecule has 3 aromatic rings. The quantitative estimate of drug-likeness (QED) is 0.303. The van der Waals surface area contributed by atoms with E-state index in [4.69, 9.17) is 14.2 Å². The number of ether oxygens (including phenoxy) is 3. The van der Waals surface area contributed by atoms with E-state index >= 15 is 0 Å². The molecular weight excluding hydrogens is 580 g/mol. The lowest BCUT2D eigenvalue weighted by atomic mass is 10.0. The maximum absolute atomic E-state index is 12.6. The van der Waals surface area contributed by atoms with Gasteiger partial charge in [-0.15, -0.1) is 0 Å². The zero-order valence-corrected chi connectivity index (χ0v) is 22.2. The first-order valence-electron chi connectivity index (χ1n) is 10.8. The molecule has 2 N–H and O–H groups in total. The van der Waals surface area contributed by atoms with E-state index in [1.165, 1.54) is 7.11 Å². The van der Waals surface area contributed by atoms with Crippen molar-refractivity contribution in [2.45, 2.75) is 6.92 Å². The molecule has 0 aromatic heterocycles. The van der Waals surface area contributed by atoms with Crippen molar-refractivity contribution >= 4 is 66.7 Å². The van der Waals surface area contributed by atoms with Crippen LogP contribution in [-0.4, -0.2) is 32.1 Å². The van der Waals surface area contributed by atoms with Crippen molar-refractivity contribution in [2.24, 2.45) is 0 Å². The summed E-state index contributed by atoms with van der Waals surface area (Å²) >= 11 is 7.14. The van der Waals surface area contributed by atoms with E-state index in [-0.39, 0.29) is 18.4 Å². The van der Waals surface area contributed by atoms with Gasteiger partial charge in [0.1, 0.15) is 5.75 Å². The SMILES string of the molecule is CCOc1cc(/C=C2/C(=O)Nc3ccccc32)c(Br)c(Br)c1OCC(=O)Nc1ccccc1OC. The number of carbonyl (C=O) groups is 2. The van der Waals surface area contributed by atoms with Gasteiger partial charge >= 0.3 is 0 Å². The number of rotatable bonds is 8. The number of carbonyl (C=O) groups excluding carboxylic acids is 2. The van der Waals surface area contributed by atoms with Crippen LogP contribution in [0.5, 0.6) is 17.2 Å². The molecule has 35 heavy (non-hydrogen) atoms. The summed E-state index contributed by atoms with van der Waals surface area (Å²) in [4.78, 5) is 25.1. The highest BCUT2D eigenvalue weighted by molar-refractivity contribution is 9.13. The zero-order chi connectivity index (χ0) is 24.9. The van der Waals surface area contributed by atoms with Gasteiger partial charge in [0.2, 0.25) is 0 Å². The van der Waals surface area contributed by atoms with Crippen molar-refractivity contribution in [3.05, 3.63) is 74.7 Å². The first-order chi connectivity index (χ1) is 16.9. The summed E-state index contributed by atoms with van der Waals surface area (Å²) in [6.45, 7) is 1.99. The summed E-state index contributed by atoms with van der Waals surface area (Å²) in [6, 6.07) is 16.4. The number of nitrogens with one attached hydrogen (secondary N) is 2. The predicted octanol–water partition coefficient (Wildman–Crippen LogP) is 6.13. The fourth-order valence-corrected chi connectivity index (χ4v) is 4.56. The zero-order valence-electron chi connectivity index (χ0n) is 19.0. The first-order valence-corrected chi connectivity index (χ1v) is 12.3. The summed E-state index contributed by atoms with van der Waals surface area (Å²) in [5.74, 6) is 0.819. The number of benzene rings is 3. The smallest absolute Gasteiger partial charge is 0.262 e. The van der Waals surface area contributed by atoms with Crippen molar-refractivity contribution < 1.29 is 23.8 Å². The number of para-hydroxylation sites is 3. The Morgan fingerprint density at radius 2 is 1.77 bits per heavy atom. The van der Waals surface area contributed by atoms with Crippen LogP contribution in [0.3, 0.4) is 0 Å². The number of hydrogen-bond donors (Lipinski definition) is 2. The van der Waals surface area contributed by atoms with Gasteiger partial charge in [-0.1, -0.05) is 30.3 Å². The molecule has 4 rings (SSSR count). The van der Waals surface area contributed by atoms with Gasteiger partial charge in [-0.25, -0.2) is 0 Å². The van der Waals surface area contributed by atoms with Gasteiger partial charge in [-0.2, -0.15) is 0 Å². The van der Waals surface area contributed by atoms with Crippen LogP contribution in [0.25, 0.3) is 11.6 Å². The summed E-state index contributed by atoms with van der Waals surface area (Å²) in [5.41, 5.74) is 3.40. The fraction of sp³-hybridized carbons (Fsp3) is 0.154. The second-order valence-corrected chi connectivity index (χ2v) is 9.03. The topological polar surface area (TPSA) is 85.9 Å². The third kappa shape index (κ3) is 5.36. The Balaban J connectivity index is 1.60. The Bertz CT molecular complexity index is 1320. The van der Waals surface area contributed by atoms with E-state index in [9.17, 15) is 9.59 Å². The van der Waals surface area contributed by atoms with Crippen LogP contribution in [0.2, 0.25) is 0 Å². The fourth-order valence-electron chi connectivity index (χ4n) is 3.62. The van der Waals surface area contributed by atoms with E-state index < -0.39 is 0 Å². The molecule has 7 nitrogen and oxygen atoms in total. The molecule has 1 heterocycles. The first kappa shape index (κ1) is 24.8. The normalized spacial score (nSPS) is 13.3. The molecule has 0 unspecified atom stereocenters. The summed E-state index contributed by atoms with van der Waals surface area (Å²) in [6.07, 6.45) is 1.79. The van der Waals surface area contributed by atoms with Crippen LogP contribution >= 0.6 is 31.9 Å². The number of fused-ring (bicyclic) bond motifs is 1. The van der Waals surface area contributed by atoms with Crippen LogP contribution in [0.1, 0.15) is 18.1 Å². The van der Waals surface area contributed by atoms with E-state index in [1.807, 2.05) is 37.3 Å². The Morgan fingerprint density at radius 3 is 2.54 bits per heavy atom. The predicted molar refractivity (Wildman–Crippen MR) is 143 cm³/mol. The molecule has 0 aliphatic carbocycles. The molecular formula is C26H22Br2N2O5. The second-order valence-electron chi connectivity index (χ2n) is 7.45. The van der Waals surface area contributed by atoms with Crippen LogP contribution in [0.15, 0.2) is 63.5 Å². The highest BCUT2D eigenvalue weighted by Crippen LogP contribution is 2.44. The number of hydrogen-bond acceptors (Lipinski definition) is 5. The number of amides is 2. The molecule has 0 saturated carbocycles. The summed E-state index contributed by atoms with van der Waals surface area (Å²) in [7, 11) is 1.54. The molecule has 0 saturated heterocycles. The largest absolute Gasteiger partial charge is 0.495 e. The standard InChI is InChI=1S/C26H22Br2N2O5/c1-3-34-21-13-15(12-17-16-8-4-5-9-18(16)30-26(17)32)23(27)24(28)25(21)35-14-22(31)29-19-10-6-7-11-20(19)33-2/h4-13H,3,14H2,1-2H3,(H,29,31)(H,30,32)/b17-12+. The number of methoxy groups -OCH3 is 1. The van der Waals surface area contributed by atoms with Gasteiger partial charge in [0.15, 0.2) is 18.1 Å². The van der Waals surface area contributed by atoms with Gasteiger partial charge in [0, 0.05) is 21.3 Å². The van der Waals surface area contributed by atoms with Gasteiger partial charge in [0.25, 0.3) is 11.8 Å². The third-order valence-electron chi connectivity index (χ3n) is 5.19. The molecule has 0 radical (unpaired) electrons. The molecule has 9 heteroatoms. The van der Waals surface area contributed by atoms with E-state index in [0.717, 1.165) is 11.3 Å². The van der Waals surface area contributed by atoms with Crippen molar-refractivity contribution in [2.75, 3.05) is 31.0 Å². The van der Waals surface area contributed by atoms with Crippen molar-refractivity contribution in [1.29, 1.82) is 0 Å². The number of halogens is 2. The van der Waals surface area contributed by atoms with E-state index in [2.05, 4.69) is 42.5 Å². The van der Waals surface area contributed by atoms with Crippen LogP contribution in [0, 0.1) is 0 Å². The lowest BCUT2D eigenvalue weighted by Gasteiger charge is -2.17. The third-order valence-corrected chi connectivity index (χ3v) is 7.34. The van der Waals surface area contributed by atoms with Crippen molar-refractivity contribution in [3.8, 4) is 17.2 Å². The molecule has 0 spiro atoms. The summed E-state index contributed by atoms with van der Waals surface area (Å²) < 4.78 is 18.1. The molecule has 2 amide bonds. The van der Waals surface area contributed by atoms with Gasteiger partial charge in [0.05, 0.1) is 23.9 Å². The molecule has 3 aromatic carbocycles. The Labute approximate surface area is 219 Å². The molecule has 0 bridgehead atoms. The Morgan fingerprint density at radius 1 is 1.03 bits per heavy atom. The number of anilines is 2. The Kier molecular flexibility index (Phi) is 7.77. The minimum Gasteiger partial charge on any atom is -0.495 e. The van der Waals surface area contributed by atoms with Crippen LogP contribution < -0.4 is 24.8 Å². The lowest BCUT2D eigenvalue weighted by molar-refractivity contribution is -0.118. The minimum absolute atomic E-state index is 0.180. The Hall–Kier alpha value is -3.30. The maximum atomic E-state index is 12.6. The van der Waals surface area contributed by atoms with E-state index in [0.29, 0.717) is 49.6 Å². The second kappa shape index (κ2) is 11.0. The monoisotopic (exact) mass is 600 g/mol. The summed E-state index contributed by atoms with van der Waals surface area (Å²) in [5, 5.41) is 5.65.